The lowest BCUT2D eigenvalue weighted by Crippen LogP contribution is -2.46. The van der Waals surface area contributed by atoms with Crippen LogP contribution in [0.3, 0.4) is 0 Å². The number of hydrogen-bond donors (Lipinski definition) is 4. The molecule has 2 atom stereocenters. The molecule has 4 fully saturated rings. The molecule has 16 rings (SSSR count). The van der Waals surface area contributed by atoms with Crippen LogP contribution in [0, 0.1) is 0 Å². The first-order valence-corrected chi connectivity index (χ1v) is 57.1. The van der Waals surface area contributed by atoms with Crippen LogP contribution in [-0.2, 0) is 71.8 Å². The number of nitrogens with one attached hydrogen (secondary N) is 4. The number of sulfone groups is 4. The normalized spacial score (nSPS) is 15.3. The highest BCUT2D eigenvalue weighted by Gasteiger charge is 2.27. The average molecular weight is 2130 g/mol. The molecular weight excluding hydrogens is 2010 g/mol. The third kappa shape index (κ3) is 35.5. The molecule has 2 unspecified atom stereocenters. The number of anilines is 4. The second-order valence-corrected chi connectivity index (χ2v) is 46.0. The van der Waals surface area contributed by atoms with E-state index in [9.17, 15) is 52.8 Å². The number of rotatable bonds is 36. The van der Waals surface area contributed by atoms with Gasteiger partial charge in [0.15, 0.2) is 39.3 Å². The molecule has 0 spiro atoms. The van der Waals surface area contributed by atoms with E-state index in [0.29, 0.717) is 208 Å². The minimum absolute atomic E-state index is 0.137. The number of ether oxygens (including phenoxy) is 6. The second-order valence-electron chi connectivity index (χ2n) is 35.8. The molecule has 4 amide bonds. The summed E-state index contributed by atoms with van der Waals surface area (Å²) >= 11 is 25.4. The van der Waals surface area contributed by atoms with E-state index in [1.54, 1.807) is 170 Å². The van der Waals surface area contributed by atoms with Crippen LogP contribution < -0.4 is 40.2 Å². The van der Waals surface area contributed by atoms with Gasteiger partial charge in [-0.2, -0.15) is 0 Å². The Labute approximate surface area is 867 Å². The smallest absolute Gasteiger partial charge is 0.255 e. The molecule has 12 aromatic rings. The van der Waals surface area contributed by atoms with Crippen molar-refractivity contribution in [2.75, 3.05) is 164 Å². The number of nitrogens with zero attached hydrogens (tertiary/aromatic N) is 8. The van der Waals surface area contributed by atoms with Crippen LogP contribution in [0.2, 0.25) is 20.1 Å². The van der Waals surface area contributed by atoms with E-state index in [1.807, 2.05) is 86.6 Å². The summed E-state index contributed by atoms with van der Waals surface area (Å²) in [5, 5.41) is 13.6. The van der Waals surface area contributed by atoms with Crippen LogP contribution in [0.25, 0.3) is 45.0 Å². The van der Waals surface area contributed by atoms with Crippen molar-refractivity contribution in [1.29, 1.82) is 0 Å². The largest absolute Gasteiger partial charge is 0.492 e. The summed E-state index contributed by atoms with van der Waals surface area (Å²) in [5.41, 5.74) is 11.4. The van der Waals surface area contributed by atoms with Gasteiger partial charge in [0.05, 0.1) is 91.3 Å². The first kappa shape index (κ1) is 110. The predicted molar refractivity (Wildman–Crippen MR) is 572 cm³/mol. The Balaban J connectivity index is 0.000000162. The number of aromatic nitrogens is 4. The number of morpholine rings is 2. The Kier molecular flexibility index (Phi) is 40.3. The SMILES string of the molecule is CC1CN(CCOc2cc(C(=O)Nc3ccc(Cl)c(-c4ccccn4)c3)ccc2CS(C)(=O)=O)CC(C)O1.CS(=O)(=O)Cc1ccc(C(=O)Nc2ccc(Cl)c(-c3ccccn3)c2)cc1OCCN1CCCC1.CS(=O)(=O)Cc1ccc(C(=O)Nc2ccc(Cl)c(-c3ccccn3)c2)cc1OCCN1CCCCC1.CS(=O)(=O)Cc1ccc(C(=O)Nc2ccc(Cl)c(-c3ccccn3)c2)cc1OCCN1CCOCC1. The zero-order chi connectivity index (χ0) is 103. The molecule has 4 aromatic heterocycles. The maximum Gasteiger partial charge on any atom is 0.255 e. The Hall–Kier alpha value is -11.8. The molecular formula is C107H118Cl4N12O18S4. The van der Waals surface area contributed by atoms with Gasteiger partial charge in [0.1, 0.15) is 49.4 Å². The lowest BCUT2D eigenvalue weighted by Gasteiger charge is -2.35. The molecule has 145 heavy (non-hydrogen) atoms. The van der Waals surface area contributed by atoms with Crippen molar-refractivity contribution in [3.8, 4) is 68.0 Å². The molecule has 766 valence electrons. The van der Waals surface area contributed by atoms with Gasteiger partial charge in [-0.05, 0) is 236 Å². The minimum Gasteiger partial charge on any atom is -0.492 e. The average Bonchev–Trinajstić information content (AvgIpc) is 1.31. The predicted octanol–water partition coefficient (Wildman–Crippen LogP) is 18.3. The van der Waals surface area contributed by atoms with Gasteiger partial charge in [-0.3, -0.25) is 58.7 Å². The number of halogens is 4. The fraction of sp³-hybridized carbons (Fsp3) is 0.327. The van der Waals surface area contributed by atoms with Gasteiger partial charge >= 0.3 is 0 Å². The molecule has 4 saturated heterocycles. The van der Waals surface area contributed by atoms with Gasteiger partial charge in [0.25, 0.3) is 23.6 Å². The molecule has 8 aromatic carbocycles. The summed E-state index contributed by atoms with van der Waals surface area (Å²) in [6.07, 6.45) is 17.7. The standard InChI is InChI=1S/C28H32ClN3O5S.C27H30ClN3O4S.C26H28ClN3O5S.C26H28ClN3O4S/c1-19-16-32(17-20(2)37-19)12-13-36-27-14-21(7-8-22(27)18-38(3,34)35)28(33)31-23-9-10-25(29)24(15-23)26-6-4-5-11-30-26;1-36(33,34)19-21-9-8-20(17-26(21)35-16-15-31-13-5-2-6-14-31)27(32)30-22-10-11-24(28)23(18-22)25-7-3-4-12-29-25;1-36(32,33)18-20-6-5-19(16-25(20)35-15-12-30-10-13-34-14-11-30)26(31)29-21-7-8-23(27)22(17-21)24-4-2-3-9-28-24;1-35(32,33)18-20-8-7-19(16-25(20)34-15-14-30-12-4-5-13-30)26(31)29-21-9-10-23(27)22(17-21)24-6-2-3-11-28-24/h4-11,14-15,19-20H,12-13,16-18H2,1-3H3,(H,31,33);3-4,7-12,17-18H,2,5-6,13-16,19H2,1H3,(H,30,32);2-9,16-17H,10-15,18H2,1H3,(H,29,31);2-3,6-11,16-17H,4-5,12-15,18H2,1H3,(H,29,31). The van der Waals surface area contributed by atoms with Gasteiger partial charge < -0.3 is 49.7 Å². The van der Waals surface area contributed by atoms with Crippen LogP contribution in [0.15, 0.2) is 243 Å². The van der Waals surface area contributed by atoms with E-state index in [1.165, 1.54) is 57.1 Å². The summed E-state index contributed by atoms with van der Waals surface area (Å²) in [7, 11) is -13.1. The zero-order valence-electron chi connectivity index (χ0n) is 81.4. The second kappa shape index (κ2) is 53.0. The lowest BCUT2D eigenvalue weighted by atomic mass is 10.1. The van der Waals surface area contributed by atoms with Gasteiger partial charge in [0, 0.05) is 192 Å². The molecule has 0 radical (unpaired) electrons. The molecule has 4 N–H and O–H groups in total. The Bertz CT molecular complexity index is 6730. The highest BCUT2D eigenvalue weighted by Crippen LogP contribution is 2.37. The number of amides is 4. The highest BCUT2D eigenvalue weighted by atomic mass is 35.5. The van der Waals surface area contributed by atoms with Crippen molar-refractivity contribution < 1.29 is 81.3 Å². The van der Waals surface area contributed by atoms with Crippen LogP contribution >= 0.6 is 46.4 Å². The Morgan fingerprint density at radius 2 is 0.572 bits per heavy atom. The number of pyridine rings is 4. The van der Waals surface area contributed by atoms with Crippen LogP contribution in [0.5, 0.6) is 23.0 Å². The fourth-order valence-corrected chi connectivity index (χ4v) is 20.7. The summed E-state index contributed by atoms with van der Waals surface area (Å²) in [6.45, 7) is 17.3. The Morgan fingerprint density at radius 3 is 0.821 bits per heavy atom. The van der Waals surface area contributed by atoms with Crippen molar-refractivity contribution in [3.63, 3.8) is 0 Å². The van der Waals surface area contributed by atoms with E-state index >= 15 is 0 Å². The van der Waals surface area contributed by atoms with E-state index < -0.39 is 39.3 Å². The van der Waals surface area contributed by atoms with Crippen molar-refractivity contribution in [2.45, 2.75) is 81.2 Å². The molecule has 4 aliphatic rings. The van der Waals surface area contributed by atoms with Crippen LogP contribution in [0.4, 0.5) is 22.7 Å². The highest BCUT2D eigenvalue weighted by molar-refractivity contribution is 7.90. The third-order valence-corrected chi connectivity index (χ3v) is 28.2. The van der Waals surface area contributed by atoms with Crippen molar-refractivity contribution in [1.82, 2.24) is 39.5 Å². The quantitative estimate of drug-likeness (QED) is 0.0283. The van der Waals surface area contributed by atoms with Crippen molar-refractivity contribution in [2.24, 2.45) is 0 Å². The summed E-state index contributed by atoms with van der Waals surface area (Å²) in [6, 6.07) is 62.3. The summed E-state index contributed by atoms with van der Waals surface area (Å²) in [5.74, 6) is -0.466. The van der Waals surface area contributed by atoms with Crippen molar-refractivity contribution in [3.05, 3.63) is 308 Å². The number of carbonyl (C=O) groups excluding carboxylic acids is 4. The molecule has 30 nitrogen and oxygen atoms in total. The third-order valence-electron chi connectivity index (χ3n) is 23.6. The van der Waals surface area contributed by atoms with Crippen molar-refractivity contribution >= 4 is 132 Å². The van der Waals surface area contributed by atoms with Gasteiger partial charge in [-0.25, -0.2) is 33.7 Å². The molecule has 4 aliphatic heterocycles. The van der Waals surface area contributed by atoms with Gasteiger partial charge in [-0.15, -0.1) is 0 Å². The topological polar surface area (TPSA) is 373 Å². The zero-order valence-corrected chi connectivity index (χ0v) is 87.7. The monoisotopic (exact) mass is 2130 g/mol. The van der Waals surface area contributed by atoms with Gasteiger partial charge in [-0.1, -0.05) is 101 Å². The Morgan fingerprint density at radius 1 is 0.324 bits per heavy atom. The van der Waals surface area contributed by atoms with E-state index in [-0.39, 0.29) is 58.8 Å². The summed E-state index contributed by atoms with van der Waals surface area (Å²) < 4.78 is 131. The van der Waals surface area contributed by atoms with E-state index in [4.69, 9.17) is 74.8 Å². The van der Waals surface area contributed by atoms with Gasteiger partial charge in [0.2, 0.25) is 0 Å². The first-order valence-electron chi connectivity index (χ1n) is 47.4. The molecule has 0 aliphatic carbocycles. The first-order chi connectivity index (χ1) is 69.4. The van der Waals surface area contributed by atoms with Crippen LogP contribution in [-0.4, -0.2) is 252 Å². The minimum atomic E-state index is -3.30. The number of piperidine rings is 1. The van der Waals surface area contributed by atoms with E-state index in [2.05, 4.69) is 60.8 Å². The maximum atomic E-state index is 13.1. The molecule has 0 saturated carbocycles. The number of benzene rings is 8. The van der Waals surface area contributed by atoms with E-state index in [0.717, 1.165) is 65.4 Å². The molecule has 0 bridgehead atoms. The van der Waals surface area contributed by atoms with Crippen LogP contribution in [0.1, 0.15) is 110 Å². The fourth-order valence-electron chi connectivity index (χ4n) is 16.6. The number of hydrogen-bond acceptors (Lipinski definition) is 26. The molecule has 8 heterocycles. The number of likely N-dealkylation sites (tertiary alicyclic amines) is 2. The lowest BCUT2D eigenvalue weighted by molar-refractivity contribution is -0.0699. The number of carbonyl (C=O) groups is 4. The maximum absolute atomic E-state index is 13.1. The summed E-state index contributed by atoms with van der Waals surface area (Å²) in [4.78, 5) is 78.8. The molecule has 38 heteroatoms.